The van der Waals surface area contributed by atoms with E-state index in [4.69, 9.17) is 9.47 Å². The van der Waals surface area contributed by atoms with Crippen molar-refractivity contribution in [1.82, 2.24) is 9.88 Å². The number of aromatic nitrogens is 1. The molecule has 0 radical (unpaired) electrons. The van der Waals surface area contributed by atoms with E-state index in [0.717, 1.165) is 21.7 Å². The second-order valence-electron chi connectivity index (χ2n) is 7.97. The first kappa shape index (κ1) is 24.9. The molecule has 9 heteroatoms. The van der Waals surface area contributed by atoms with Crippen molar-refractivity contribution < 1.29 is 19.1 Å². The summed E-state index contributed by atoms with van der Waals surface area (Å²) >= 11 is 1.32. The minimum absolute atomic E-state index is 0.243. The number of amides is 2. The van der Waals surface area contributed by atoms with Gasteiger partial charge in [-0.2, -0.15) is 5.26 Å². The highest BCUT2D eigenvalue weighted by atomic mass is 32.1. The molecule has 0 bridgehead atoms. The van der Waals surface area contributed by atoms with Gasteiger partial charge in [0.25, 0.3) is 0 Å². The van der Waals surface area contributed by atoms with Crippen LogP contribution in [0.5, 0.6) is 5.75 Å². The van der Waals surface area contributed by atoms with E-state index < -0.39 is 6.09 Å². The number of benzene rings is 1. The largest absolute Gasteiger partial charge is 0.493 e. The first-order valence-corrected chi connectivity index (χ1v) is 12.5. The van der Waals surface area contributed by atoms with E-state index in [2.05, 4.69) is 16.4 Å². The summed E-state index contributed by atoms with van der Waals surface area (Å²) in [5, 5.41) is 13.1. The number of hydrogen-bond acceptors (Lipinski definition) is 7. The summed E-state index contributed by atoms with van der Waals surface area (Å²) in [5.41, 5.74) is 2.98. The molecule has 4 rings (SSSR count). The molecule has 3 aromatic rings. The quantitative estimate of drug-likeness (QED) is 0.444. The highest BCUT2D eigenvalue weighted by Gasteiger charge is 2.28. The Morgan fingerprint density at radius 3 is 2.86 bits per heavy atom. The predicted octanol–water partition coefficient (Wildman–Crippen LogP) is 4.80. The van der Waals surface area contributed by atoms with Crippen molar-refractivity contribution in [2.24, 2.45) is 0 Å². The number of nitrogens with zero attached hydrogens (tertiary/aromatic N) is 3. The van der Waals surface area contributed by atoms with E-state index in [1.54, 1.807) is 17.2 Å². The summed E-state index contributed by atoms with van der Waals surface area (Å²) in [7, 11) is 0. The van der Waals surface area contributed by atoms with Crippen LogP contribution in [0.3, 0.4) is 0 Å². The number of thiophene rings is 1. The number of fused-ring (bicyclic) bond motifs is 1. The third-order valence-corrected chi connectivity index (χ3v) is 6.74. The molecule has 1 aliphatic heterocycles. The maximum Gasteiger partial charge on any atom is 0.410 e. The zero-order chi connectivity index (χ0) is 25.3. The van der Waals surface area contributed by atoms with Crippen molar-refractivity contribution in [2.75, 3.05) is 25.1 Å². The summed E-state index contributed by atoms with van der Waals surface area (Å²) in [5.74, 6) is 0.350. The number of rotatable bonds is 8. The van der Waals surface area contributed by atoms with Crippen LogP contribution in [-0.4, -0.2) is 41.6 Å². The molecule has 0 fully saturated rings. The van der Waals surface area contributed by atoms with Crippen molar-refractivity contribution in [1.29, 1.82) is 5.26 Å². The zero-order valence-corrected chi connectivity index (χ0v) is 20.7. The Labute approximate surface area is 213 Å². The number of para-hydroxylation sites is 1. The van der Waals surface area contributed by atoms with Crippen molar-refractivity contribution in [3.63, 3.8) is 0 Å². The van der Waals surface area contributed by atoms with E-state index in [1.165, 1.54) is 17.4 Å². The fourth-order valence-corrected chi connectivity index (χ4v) is 5.09. The third kappa shape index (κ3) is 6.09. The van der Waals surface area contributed by atoms with Gasteiger partial charge < -0.3 is 19.7 Å². The van der Waals surface area contributed by atoms with Crippen LogP contribution in [0.15, 0.2) is 54.7 Å². The van der Waals surface area contributed by atoms with Crippen LogP contribution in [0.2, 0.25) is 0 Å². The van der Waals surface area contributed by atoms with Crippen LogP contribution < -0.4 is 10.1 Å². The first-order valence-electron chi connectivity index (χ1n) is 11.7. The molecule has 0 atom stereocenters. The Kier molecular flexibility index (Phi) is 8.32. The van der Waals surface area contributed by atoms with Gasteiger partial charge in [0.05, 0.1) is 25.3 Å². The summed E-state index contributed by atoms with van der Waals surface area (Å²) in [4.78, 5) is 31.9. The average molecular weight is 503 g/mol. The highest BCUT2D eigenvalue weighted by Crippen LogP contribution is 2.37. The molecule has 2 aromatic heterocycles. The Bertz CT molecular complexity index is 1300. The molecule has 1 aromatic carbocycles. The summed E-state index contributed by atoms with van der Waals surface area (Å²) in [6.45, 7) is 3.45. The van der Waals surface area contributed by atoms with Crippen LogP contribution in [0.25, 0.3) is 6.08 Å². The minimum Gasteiger partial charge on any atom is -0.493 e. The molecule has 8 nitrogen and oxygen atoms in total. The molecule has 1 aliphatic rings. The molecular formula is C27H26N4O4S. The van der Waals surface area contributed by atoms with Crippen LogP contribution in [0.4, 0.5) is 9.80 Å². The maximum absolute atomic E-state index is 12.6. The Hall–Kier alpha value is -4.16. The van der Waals surface area contributed by atoms with Crippen molar-refractivity contribution >= 4 is 34.4 Å². The standard InChI is InChI=1S/C27H26N4O4S/c1-2-34-23-9-4-3-7-19(23)10-11-25(32)30-26-22(17-28)21-12-15-31(18-24(21)36-26)27(33)35-16-13-20-8-5-6-14-29-20/h3-11,14H,2,12-13,15-16,18H2,1H3,(H,30,32)/b11-10+. The zero-order valence-electron chi connectivity index (χ0n) is 19.9. The molecule has 3 heterocycles. The molecule has 0 aliphatic carbocycles. The Morgan fingerprint density at radius 2 is 2.08 bits per heavy atom. The number of nitriles is 1. The number of carbonyl (C=O) groups is 2. The topological polar surface area (TPSA) is 105 Å². The average Bonchev–Trinajstić information content (AvgIpc) is 3.24. The number of anilines is 1. The van der Waals surface area contributed by atoms with Crippen LogP contribution in [0.1, 0.15) is 34.2 Å². The van der Waals surface area contributed by atoms with E-state index in [1.807, 2.05) is 49.4 Å². The van der Waals surface area contributed by atoms with Gasteiger partial charge in [-0.1, -0.05) is 24.3 Å². The third-order valence-electron chi connectivity index (χ3n) is 5.61. The fraction of sp³-hybridized carbons (Fsp3) is 0.259. The predicted molar refractivity (Wildman–Crippen MR) is 138 cm³/mol. The molecule has 0 unspecified atom stereocenters. The Balaban J connectivity index is 1.38. The lowest BCUT2D eigenvalue weighted by atomic mass is 10.0. The first-order chi connectivity index (χ1) is 17.6. The van der Waals surface area contributed by atoms with Gasteiger partial charge in [0.15, 0.2) is 0 Å². The smallest absolute Gasteiger partial charge is 0.410 e. The number of nitrogens with one attached hydrogen (secondary N) is 1. The van der Waals surface area contributed by atoms with Crippen molar-refractivity contribution in [3.05, 3.63) is 82.0 Å². The molecule has 0 spiro atoms. The maximum atomic E-state index is 12.6. The lowest BCUT2D eigenvalue weighted by Gasteiger charge is -2.26. The lowest BCUT2D eigenvalue weighted by molar-refractivity contribution is -0.111. The van der Waals surface area contributed by atoms with Crippen LogP contribution >= 0.6 is 11.3 Å². The summed E-state index contributed by atoms with van der Waals surface area (Å²) in [6.07, 6.45) is 5.48. The molecule has 0 saturated heterocycles. The van der Waals surface area contributed by atoms with Crippen molar-refractivity contribution in [2.45, 2.75) is 26.3 Å². The number of hydrogen-bond donors (Lipinski definition) is 1. The van der Waals surface area contributed by atoms with E-state index in [-0.39, 0.29) is 12.5 Å². The van der Waals surface area contributed by atoms with Gasteiger partial charge in [-0.25, -0.2) is 4.79 Å². The minimum atomic E-state index is -0.398. The highest BCUT2D eigenvalue weighted by molar-refractivity contribution is 7.16. The molecule has 2 amide bonds. The van der Waals surface area contributed by atoms with E-state index in [9.17, 15) is 14.9 Å². The van der Waals surface area contributed by atoms with Gasteiger partial charge in [-0.3, -0.25) is 9.78 Å². The Morgan fingerprint density at radius 1 is 1.25 bits per heavy atom. The molecule has 184 valence electrons. The van der Waals surface area contributed by atoms with Crippen LogP contribution in [0, 0.1) is 11.3 Å². The SMILES string of the molecule is CCOc1ccccc1/C=C/C(=O)Nc1sc2c(c1C#N)CCN(C(=O)OCCc1ccccn1)C2. The lowest BCUT2D eigenvalue weighted by Crippen LogP contribution is -2.36. The molecular weight excluding hydrogens is 476 g/mol. The molecule has 36 heavy (non-hydrogen) atoms. The van der Waals surface area contributed by atoms with Gasteiger partial charge in [-0.15, -0.1) is 11.3 Å². The summed E-state index contributed by atoms with van der Waals surface area (Å²) < 4.78 is 11.0. The van der Waals surface area contributed by atoms with Crippen molar-refractivity contribution in [3.8, 4) is 11.8 Å². The van der Waals surface area contributed by atoms with Gasteiger partial charge in [0.1, 0.15) is 16.8 Å². The second-order valence-corrected chi connectivity index (χ2v) is 9.08. The normalized spacial score (nSPS) is 12.6. The van der Waals surface area contributed by atoms with E-state index >= 15 is 0 Å². The van der Waals surface area contributed by atoms with Gasteiger partial charge in [0.2, 0.25) is 5.91 Å². The van der Waals surface area contributed by atoms with Crippen LogP contribution in [-0.2, 0) is 28.9 Å². The molecule has 0 saturated carbocycles. The number of carbonyl (C=O) groups excluding carboxylic acids is 2. The fourth-order valence-electron chi connectivity index (χ4n) is 3.87. The van der Waals surface area contributed by atoms with Gasteiger partial charge >= 0.3 is 6.09 Å². The second kappa shape index (κ2) is 12.0. The monoisotopic (exact) mass is 502 g/mol. The summed E-state index contributed by atoms with van der Waals surface area (Å²) in [6, 6.07) is 15.3. The van der Waals surface area contributed by atoms with Gasteiger partial charge in [0, 0.05) is 41.4 Å². The van der Waals surface area contributed by atoms with E-state index in [0.29, 0.717) is 48.9 Å². The molecule has 1 N–H and O–H groups in total. The van der Waals surface area contributed by atoms with Gasteiger partial charge in [-0.05, 0) is 43.2 Å². The number of ether oxygens (including phenoxy) is 2. The number of pyridine rings is 1.